The van der Waals surface area contributed by atoms with Crippen molar-refractivity contribution in [1.82, 2.24) is 4.98 Å². The fourth-order valence-electron chi connectivity index (χ4n) is 2.35. The van der Waals surface area contributed by atoms with E-state index in [1.807, 2.05) is 54.7 Å². The van der Waals surface area contributed by atoms with Crippen LogP contribution < -0.4 is 0 Å². The van der Waals surface area contributed by atoms with E-state index in [4.69, 9.17) is 0 Å². The van der Waals surface area contributed by atoms with E-state index in [1.54, 1.807) is 12.1 Å². The maximum atomic E-state index is 11.5. The van der Waals surface area contributed by atoms with Gasteiger partial charge < -0.3 is 4.98 Å². The van der Waals surface area contributed by atoms with Crippen LogP contribution in [0, 0.1) is 0 Å². The molecule has 3 aromatic rings. The summed E-state index contributed by atoms with van der Waals surface area (Å²) < 4.78 is 23.1. The largest absolute Gasteiger partial charge is 0.361 e. The molecule has 0 aliphatic heterocycles. The first kappa shape index (κ1) is 13.6. The van der Waals surface area contributed by atoms with E-state index in [0.29, 0.717) is 4.90 Å². The molecule has 1 heterocycles. The monoisotopic (exact) mass is 297 g/mol. The van der Waals surface area contributed by atoms with Gasteiger partial charge in [-0.15, -0.1) is 0 Å². The molecular weight excluding hydrogens is 282 g/mol. The van der Waals surface area contributed by atoms with Gasteiger partial charge in [0.25, 0.3) is 0 Å². The predicted molar refractivity (Wildman–Crippen MR) is 84.8 cm³/mol. The number of aromatic nitrogens is 1. The molecule has 4 heteroatoms. The fourth-order valence-corrected chi connectivity index (χ4v) is 2.98. The Morgan fingerprint density at radius 3 is 2.05 bits per heavy atom. The highest BCUT2D eigenvalue weighted by Gasteiger charge is 2.10. The second-order valence-electron chi connectivity index (χ2n) is 4.93. The number of rotatable bonds is 3. The zero-order chi connectivity index (χ0) is 14.9. The van der Waals surface area contributed by atoms with Gasteiger partial charge in [-0.05, 0) is 35.4 Å². The lowest BCUT2D eigenvalue weighted by Gasteiger charge is -2.09. The van der Waals surface area contributed by atoms with Gasteiger partial charge in [0.1, 0.15) is 0 Å². The number of benzene rings is 2. The Labute approximate surface area is 124 Å². The summed E-state index contributed by atoms with van der Waals surface area (Å²) >= 11 is 0. The average molecular weight is 297 g/mol. The highest BCUT2D eigenvalue weighted by molar-refractivity contribution is 7.90. The van der Waals surface area contributed by atoms with Crippen LogP contribution in [0.25, 0.3) is 22.4 Å². The van der Waals surface area contributed by atoms with E-state index in [1.165, 1.54) is 6.26 Å². The van der Waals surface area contributed by atoms with Crippen LogP contribution >= 0.6 is 0 Å². The molecule has 0 bridgehead atoms. The van der Waals surface area contributed by atoms with Crippen LogP contribution in [-0.4, -0.2) is 19.7 Å². The summed E-state index contributed by atoms with van der Waals surface area (Å²) in [6.07, 6.45) is 3.10. The highest BCUT2D eigenvalue weighted by Crippen LogP contribution is 2.31. The molecule has 21 heavy (non-hydrogen) atoms. The quantitative estimate of drug-likeness (QED) is 0.800. The third-order valence-electron chi connectivity index (χ3n) is 3.41. The van der Waals surface area contributed by atoms with E-state index >= 15 is 0 Å². The van der Waals surface area contributed by atoms with Crippen LogP contribution in [0.2, 0.25) is 0 Å². The molecule has 106 valence electrons. The molecule has 2 aromatic carbocycles. The van der Waals surface area contributed by atoms with Gasteiger partial charge in [-0.25, -0.2) is 8.42 Å². The molecule has 0 spiro atoms. The SMILES string of the molecule is CS(=O)(=O)c1ccc(-c2ccccc2-c2ccc[nH]2)cc1. The molecule has 0 atom stereocenters. The summed E-state index contributed by atoms with van der Waals surface area (Å²) in [5, 5.41) is 0. The number of H-pyrrole nitrogens is 1. The van der Waals surface area contributed by atoms with Gasteiger partial charge in [0.05, 0.1) is 4.90 Å². The van der Waals surface area contributed by atoms with Crippen molar-refractivity contribution in [1.29, 1.82) is 0 Å². The van der Waals surface area contributed by atoms with Crippen LogP contribution in [-0.2, 0) is 9.84 Å². The van der Waals surface area contributed by atoms with Crippen LogP contribution in [0.1, 0.15) is 0 Å². The first-order chi connectivity index (χ1) is 10.1. The zero-order valence-corrected chi connectivity index (χ0v) is 12.4. The molecule has 0 saturated carbocycles. The van der Waals surface area contributed by atoms with E-state index in [-0.39, 0.29) is 0 Å². The van der Waals surface area contributed by atoms with Crippen molar-refractivity contribution in [2.45, 2.75) is 4.90 Å². The summed E-state index contributed by atoms with van der Waals surface area (Å²) in [5.41, 5.74) is 4.19. The molecule has 0 radical (unpaired) electrons. The van der Waals surface area contributed by atoms with Crippen molar-refractivity contribution in [2.75, 3.05) is 6.26 Å². The smallest absolute Gasteiger partial charge is 0.175 e. The predicted octanol–water partition coefficient (Wildman–Crippen LogP) is 3.75. The molecular formula is C17H15NO2S. The van der Waals surface area contributed by atoms with E-state index in [9.17, 15) is 8.42 Å². The van der Waals surface area contributed by atoms with E-state index in [2.05, 4.69) is 4.98 Å². The minimum atomic E-state index is -3.16. The summed E-state index contributed by atoms with van der Waals surface area (Å²) in [5.74, 6) is 0. The van der Waals surface area contributed by atoms with Crippen molar-refractivity contribution in [2.24, 2.45) is 0 Å². The van der Waals surface area contributed by atoms with Gasteiger partial charge >= 0.3 is 0 Å². The minimum absolute atomic E-state index is 0.337. The van der Waals surface area contributed by atoms with Gasteiger partial charge in [0.15, 0.2) is 9.84 Å². The van der Waals surface area contributed by atoms with Crippen LogP contribution in [0.5, 0.6) is 0 Å². The molecule has 0 aliphatic rings. The Morgan fingerprint density at radius 1 is 0.810 bits per heavy atom. The van der Waals surface area contributed by atoms with E-state index in [0.717, 1.165) is 22.4 Å². The molecule has 3 nitrogen and oxygen atoms in total. The van der Waals surface area contributed by atoms with Crippen molar-refractivity contribution in [3.63, 3.8) is 0 Å². The lowest BCUT2D eigenvalue weighted by molar-refractivity contribution is 0.602. The molecule has 0 aliphatic carbocycles. The number of nitrogens with one attached hydrogen (secondary N) is 1. The lowest BCUT2D eigenvalue weighted by atomic mass is 9.98. The Bertz CT molecular complexity index is 848. The third-order valence-corrected chi connectivity index (χ3v) is 4.54. The Balaban J connectivity index is 2.10. The van der Waals surface area contributed by atoms with Gasteiger partial charge in [-0.1, -0.05) is 36.4 Å². The maximum Gasteiger partial charge on any atom is 0.175 e. The normalized spacial score (nSPS) is 11.5. The second-order valence-corrected chi connectivity index (χ2v) is 6.94. The Hall–Kier alpha value is -2.33. The molecule has 1 N–H and O–H groups in total. The first-order valence-electron chi connectivity index (χ1n) is 6.59. The van der Waals surface area contributed by atoms with Crippen LogP contribution in [0.4, 0.5) is 0 Å². The first-order valence-corrected chi connectivity index (χ1v) is 8.48. The lowest BCUT2D eigenvalue weighted by Crippen LogP contribution is -1.96. The summed E-state index contributed by atoms with van der Waals surface area (Å²) in [7, 11) is -3.16. The average Bonchev–Trinajstić information content (AvgIpc) is 3.01. The molecule has 0 saturated heterocycles. The summed E-state index contributed by atoms with van der Waals surface area (Å²) in [4.78, 5) is 3.54. The summed E-state index contributed by atoms with van der Waals surface area (Å²) in [6.45, 7) is 0. The second kappa shape index (κ2) is 5.22. The molecule has 3 rings (SSSR count). The Morgan fingerprint density at radius 2 is 1.48 bits per heavy atom. The highest BCUT2D eigenvalue weighted by atomic mass is 32.2. The maximum absolute atomic E-state index is 11.5. The van der Waals surface area contributed by atoms with Crippen LogP contribution in [0.3, 0.4) is 0 Å². The molecule has 0 fully saturated rings. The topological polar surface area (TPSA) is 49.9 Å². The molecule has 0 amide bonds. The summed E-state index contributed by atoms with van der Waals surface area (Å²) in [6, 6.07) is 19.0. The standard InChI is InChI=1S/C17H15NO2S/c1-21(19,20)14-10-8-13(9-11-14)15-5-2-3-6-16(15)17-7-4-12-18-17/h2-12,18H,1H3. The number of hydrogen-bond donors (Lipinski definition) is 1. The fraction of sp³-hybridized carbons (Fsp3) is 0.0588. The number of aromatic amines is 1. The Kier molecular flexibility index (Phi) is 3.39. The van der Waals surface area contributed by atoms with Crippen molar-refractivity contribution < 1.29 is 8.42 Å². The number of hydrogen-bond acceptors (Lipinski definition) is 2. The van der Waals surface area contributed by atoms with Gasteiger partial charge in [-0.3, -0.25) is 0 Å². The van der Waals surface area contributed by atoms with Gasteiger partial charge in [-0.2, -0.15) is 0 Å². The van der Waals surface area contributed by atoms with Crippen LogP contribution in [0.15, 0.2) is 71.8 Å². The van der Waals surface area contributed by atoms with Gasteiger partial charge in [0.2, 0.25) is 0 Å². The minimum Gasteiger partial charge on any atom is -0.361 e. The van der Waals surface area contributed by atoms with E-state index < -0.39 is 9.84 Å². The third kappa shape index (κ3) is 2.76. The van der Waals surface area contributed by atoms with Gasteiger partial charge in [0, 0.05) is 23.7 Å². The molecule has 1 aromatic heterocycles. The van der Waals surface area contributed by atoms with Crippen molar-refractivity contribution in [3.8, 4) is 22.4 Å². The number of sulfone groups is 1. The molecule has 0 unspecified atom stereocenters. The zero-order valence-electron chi connectivity index (χ0n) is 11.6. The van der Waals surface area contributed by atoms with Crippen molar-refractivity contribution in [3.05, 3.63) is 66.9 Å². The van der Waals surface area contributed by atoms with Crippen molar-refractivity contribution >= 4 is 9.84 Å².